The third kappa shape index (κ3) is 3.19. The predicted octanol–water partition coefficient (Wildman–Crippen LogP) is 3.83. The lowest BCUT2D eigenvalue weighted by atomic mass is 10.1. The molecule has 2 aromatic rings. The maximum absolute atomic E-state index is 11.3. The molecule has 1 aromatic carbocycles. The summed E-state index contributed by atoms with van der Waals surface area (Å²) in [6.07, 6.45) is 3.78. The van der Waals surface area contributed by atoms with E-state index in [1.54, 1.807) is 12.1 Å². The van der Waals surface area contributed by atoms with Gasteiger partial charge in [-0.1, -0.05) is 29.8 Å². The van der Waals surface area contributed by atoms with Gasteiger partial charge in [-0.25, -0.2) is 4.79 Å². The number of fused-ring (bicyclic) bond motifs is 1. The molecule has 0 bridgehead atoms. The number of para-hydroxylation sites is 1. The van der Waals surface area contributed by atoms with Gasteiger partial charge in [0, 0.05) is 11.1 Å². The van der Waals surface area contributed by atoms with E-state index in [9.17, 15) is 9.90 Å². The standard InChI is InChI=1S/C16H17NO2/c1-11(2)6-5-7-12-10-14(16(18)19)13-8-3-4-9-15(13)17-12/h3-4,6,8-10H,5,7H2,1-2H3,(H,18,19). The summed E-state index contributed by atoms with van der Waals surface area (Å²) in [5, 5.41) is 9.98. The highest BCUT2D eigenvalue weighted by Gasteiger charge is 2.10. The van der Waals surface area contributed by atoms with Crippen molar-refractivity contribution < 1.29 is 9.90 Å². The van der Waals surface area contributed by atoms with Gasteiger partial charge in [-0.2, -0.15) is 0 Å². The third-order valence-electron chi connectivity index (χ3n) is 2.95. The number of carbonyl (C=O) groups is 1. The summed E-state index contributed by atoms with van der Waals surface area (Å²) in [4.78, 5) is 15.8. The zero-order valence-electron chi connectivity index (χ0n) is 11.2. The zero-order valence-corrected chi connectivity index (χ0v) is 11.2. The Labute approximate surface area is 112 Å². The van der Waals surface area contributed by atoms with Crippen molar-refractivity contribution in [2.75, 3.05) is 0 Å². The van der Waals surface area contributed by atoms with Gasteiger partial charge in [0.1, 0.15) is 0 Å². The number of hydrogen-bond acceptors (Lipinski definition) is 2. The van der Waals surface area contributed by atoms with E-state index in [0.717, 1.165) is 24.1 Å². The van der Waals surface area contributed by atoms with Crippen molar-refractivity contribution in [1.82, 2.24) is 4.98 Å². The Morgan fingerprint density at radius 2 is 2.05 bits per heavy atom. The molecule has 0 radical (unpaired) electrons. The second-order valence-electron chi connectivity index (χ2n) is 4.80. The average Bonchev–Trinajstić information content (AvgIpc) is 2.37. The first-order chi connectivity index (χ1) is 9.08. The number of pyridine rings is 1. The second-order valence-corrected chi connectivity index (χ2v) is 4.80. The number of nitrogens with zero attached hydrogens (tertiary/aromatic N) is 1. The van der Waals surface area contributed by atoms with Crippen molar-refractivity contribution in [2.45, 2.75) is 26.7 Å². The van der Waals surface area contributed by atoms with E-state index in [0.29, 0.717) is 10.9 Å². The topological polar surface area (TPSA) is 50.2 Å². The minimum Gasteiger partial charge on any atom is -0.478 e. The van der Waals surface area contributed by atoms with Crippen LogP contribution >= 0.6 is 0 Å². The normalized spacial score (nSPS) is 10.4. The molecule has 2 rings (SSSR count). The highest BCUT2D eigenvalue weighted by molar-refractivity contribution is 6.02. The van der Waals surface area contributed by atoms with Crippen molar-refractivity contribution >= 4 is 16.9 Å². The van der Waals surface area contributed by atoms with E-state index in [4.69, 9.17) is 0 Å². The first-order valence-corrected chi connectivity index (χ1v) is 6.33. The molecule has 0 saturated heterocycles. The maximum atomic E-state index is 11.3. The van der Waals surface area contributed by atoms with E-state index in [-0.39, 0.29) is 0 Å². The minimum absolute atomic E-state index is 0.331. The molecule has 1 heterocycles. The molecule has 1 aromatic heterocycles. The molecule has 98 valence electrons. The first kappa shape index (κ1) is 13.3. The molecule has 19 heavy (non-hydrogen) atoms. The van der Waals surface area contributed by atoms with Gasteiger partial charge in [0.2, 0.25) is 0 Å². The number of allylic oxidation sites excluding steroid dienone is 2. The average molecular weight is 255 g/mol. The van der Waals surface area contributed by atoms with Crippen LogP contribution in [0.2, 0.25) is 0 Å². The third-order valence-corrected chi connectivity index (χ3v) is 2.95. The summed E-state index contributed by atoms with van der Waals surface area (Å²) in [5.41, 5.74) is 3.17. The lowest BCUT2D eigenvalue weighted by Gasteiger charge is -2.06. The summed E-state index contributed by atoms with van der Waals surface area (Å²) in [6.45, 7) is 4.10. The highest BCUT2D eigenvalue weighted by Crippen LogP contribution is 2.19. The molecule has 0 atom stereocenters. The molecule has 0 aliphatic carbocycles. The van der Waals surface area contributed by atoms with Crippen molar-refractivity contribution in [2.24, 2.45) is 0 Å². The van der Waals surface area contributed by atoms with Gasteiger partial charge in [-0.05, 0) is 38.8 Å². The van der Waals surface area contributed by atoms with Gasteiger partial charge in [-0.15, -0.1) is 0 Å². The lowest BCUT2D eigenvalue weighted by Crippen LogP contribution is -2.02. The summed E-state index contributed by atoms with van der Waals surface area (Å²) in [7, 11) is 0. The van der Waals surface area contributed by atoms with Crippen LogP contribution in [0.15, 0.2) is 42.0 Å². The highest BCUT2D eigenvalue weighted by atomic mass is 16.4. The molecule has 0 unspecified atom stereocenters. The van der Waals surface area contributed by atoms with Crippen molar-refractivity contribution in [3.8, 4) is 0 Å². The predicted molar refractivity (Wildman–Crippen MR) is 76.5 cm³/mol. The largest absolute Gasteiger partial charge is 0.478 e. The second kappa shape index (κ2) is 5.65. The van der Waals surface area contributed by atoms with Crippen LogP contribution < -0.4 is 0 Å². The number of rotatable bonds is 4. The molecule has 3 nitrogen and oxygen atoms in total. The van der Waals surface area contributed by atoms with Gasteiger partial charge in [-0.3, -0.25) is 4.98 Å². The maximum Gasteiger partial charge on any atom is 0.336 e. The molecule has 0 saturated carbocycles. The van der Waals surface area contributed by atoms with Gasteiger partial charge >= 0.3 is 5.97 Å². The SMILES string of the molecule is CC(C)=CCCc1cc(C(=O)O)c2ccccc2n1. The summed E-state index contributed by atoms with van der Waals surface area (Å²) in [5.74, 6) is -0.901. The molecule has 0 spiro atoms. The summed E-state index contributed by atoms with van der Waals surface area (Å²) < 4.78 is 0. The first-order valence-electron chi connectivity index (χ1n) is 6.33. The van der Waals surface area contributed by atoms with E-state index in [2.05, 4.69) is 24.9 Å². The van der Waals surface area contributed by atoms with Crippen LogP contribution in [0.1, 0.15) is 36.3 Å². The number of carboxylic acids is 1. The van der Waals surface area contributed by atoms with Crippen LogP contribution in [0.25, 0.3) is 10.9 Å². The van der Waals surface area contributed by atoms with Crippen molar-refractivity contribution in [1.29, 1.82) is 0 Å². The summed E-state index contributed by atoms with van der Waals surface area (Å²) in [6, 6.07) is 9.04. The Hall–Kier alpha value is -2.16. The molecule has 0 aliphatic rings. The van der Waals surface area contributed by atoms with Crippen LogP contribution in [-0.4, -0.2) is 16.1 Å². The van der Waals surface area contributed by atoms with Gasteiger partial charge in [0.15, 0.2) is 0 Å². The summed E-state index contributed by atoms with van der Waals surface area (Å²) >= 11 is 0. The number of hydrogen-bond donors (Lipinski definition) is 1. The molecule has 1 N–H and O–H groups in total. The van der Waals surface area contributed by atoms with Gasteiger partial charge < -0.3 is 5.11 Å². The quantitative estimate of drug-likeness (QED) is 0.845. The monoisotopic (exact) mass is 255 g/mol. The molecular formula is C16H17NO2. The van der Waals surface area contributed by atoms with Crippen LogP contribution in [0.3, 0.4) is 0 Å². The smallest absolute Gasteiger partial charge is 0.336 e. The number of carboxylic acid groups (broad SMARTS) is 1. The van der Waals surface area contributed by atoms with Gasteiger partial charge in [0.05, 0.1) is 11.1 Å². The van der Waals surface area contributed by atoms with Crippen LogP contribution in [-0.2, 0) is 6.42 Å². The van der Waals surface area contributed by atoms with E-state index < -0.39 is 5.97 Å². The number of aryl methyl sites for hydroxylation is 1. The fraction of sp³-hybridized carbons (Fsp3) is 0.250. The minimum atomic E-state index is -0.901. The Balaban J connectivity index is 2.41. The molecule has 0 amide bonds. The van der Waals surface area contributed by atoms with Crippen molar-refractivity contribution in [3.05, 3.63) is 53.2 Å². The number of aromatic nitrogens is 1. The Kier molecular flexibility index (Phi) is 3.95. The van der Waals surface area contributed by atoms with E-state index in [1.807, 2.05) is 18.2 Å². The Morgan fingerprint density at radius 1 is 1.32 bits per heavy atom. The van der Waals surface area contributed by atoms with Gasteiger partial charge in [0.25, 0.3) is 0 Å². The van der Waals surface area contributed by atoms with E-state index in [1.165, 1.54) is 5.57 Å². The lowest BCUT2D eigenvalue weighted by molar-refractivity contribution is 0.0699. The molecular weight excluding hydrogens is 238 g/mol. The fourth-order valence-electron chi connectivity index (χ4n) is 2.04. The van der Waals surface area contributed by atoms with Crippen LogP contribution in [0.5, 0.6) is 0 Å². The number of benzene rings is 1. The van der Waals surface area contributed by atoms with Crippen molar-refractivity contribution in [3.63, 3.8) is 0 Å². The van der Waals surface area contributed by atoms with Crippen LogP contribution in [0, 0.1) is 0 Å². The Bertz CT molecular complexity index is 640. The number of aromatic carboxylic acids is 1. The van der Waals surface area contributed by atoms with E-state index >= 15 is 0 Å². The Morgan fingerprint density at radius 3 is 2.74 bits per heavy atom. The zero-order chi connectivity index (χ0) is 13.8. The van der Waals surface area contributed by atoms with Crippen LogP contribution in [0.4, 0.5) is 0 Å². The molecule has 0 aliphatic heterocycles. The molecule has 0 fully saturated rings. The fourth-order valence-corrected chi connectivity index (χ4v) is 2.04. The molecule has 3 heteroatoms.